The average Bonchev–Trinajstić information content (AvgIpc) is 3.35. The molecule has 2 fully saturated rings. The number of imide groups is 1. The molecule has 4 nitrogen and oxygen atoms in total. The number of Topliss-reactive ketones (excluding diaryl/α,β-unsaturated/α-hetero) is 1. The minimum Gasteiger partial charge on any atom is -0.298 e. The maximum Gasteiger partial charge on any atom is 0.239 e. The van der Waals surface area contributed by atoms with Gasteiger partial charge in [0.25, 0.3) is 0 Å². The summed E-state index contributed by atoms with van der Waals surface area (Å²) in [6, 6.07) is 26.6. The molecule has 4 atom stereocenters. The number of hydrogen-bond acceptors (Lipinski definition) is 3. The van der Waals surface area contributed by atoms with Gasteiger partial charge in [-0.2, -0.15) is 0 Å². The van der Waals surface area contributed by atoms with Gasteiger partial charge in [0.1, 0.15) is 0 Å². The molecule has 3 aromatic rings. The third-order valence-corrected chi connectivity index (χ3v) is 8.73. The molecule has 6 rings (SSSR count). The summed E-state index contributed by atoms with van der Waals surface area (Å²) in [6.07, 6.45) is 1.20. The van der Waals surface area contributed by atoms with Crippen LogP contribution in [0.4, 0.5) is 5.69 Å². The largest absolute Gasteiger partial charge is 0.298 e. The van der Waals surface area contributed by atoms with Crippen LogP contribution in [0.3, 0.4) is 0 Å². The molecule has 1 aliphatic heterocycles. The Labute approximate surface area is 215 Å². The Bertz CT molecular complexity index is 1450. The minimum atomic E-state index is -1.13. The van der Waals surface area contributed by atoms with Crippen LogP contribution in [0.25, 0.3) is 11.1 Å². The minimum absolute atomic E-state index is 0.00920. The Kier molecular flexibility index (Phi) is 5.10. The molecular formula is C31H26ClNO3. The Morgan fingerprint density at radius 2 is 1.28 bits per heavy atom. The molecule has 1 heterocycles. The van der Waals surface area contributed by atoms with E-state index in [2.05, 4.69) is 0 Å². The fraction of sp³-hybridized carbons (Fsp3) is 0.258. The monoisotopic (exact) mass is 495 g/mol. The molecule has 3 aromatic carbocycles. The normalized spacial score (nSPS) is 28.9. The summed E-state index contributed by atoms with van der Waals surface area (Å²) in [5, 5.41) is 0.340. The first-order valence-electron chi connectivity index (χ1n) is 12.4. The van der Waals surface area contributed by atoms with Gasteiger partial charge in [-0.25, -0.2) is 4.90 Å². The predicted molar refractivity (Wildman–Crippen MR) is 141 cm³/mol. The van der Waals surface area contributed by atoms with Crippen LogP contribution < -0.4 is 4.90 Å². The van der Waals surface area contributed by atoms with Gasteiger partial charge in [-0.05, 0) is 47.8 Å². The lowest BCUT2D eigenvalue weighted by atomic mass is 9.61. The van der Waals surface area contributed by atoms with Gasteiger partial charge in [0, 0.05) is 0 Å². The number of fused-ring (bicyclic) bond motifs is 5. The van der Waals surface area contributed by atoms with E-state index >= 15 is 0 Å². The maximum atomic E-state index is 14.6. The Hall–Kier alpha value is -3.50. The molecule has 0 radical (unpaired) electrons. The number of anilines is 1. The summed E-state index contributed by atoms with van der Waals surface area (Å²) >= 11 is 6.46. The highest BCUT2D eigenvalue weighted by Gasteiger charge is 2.80. The van der Waals surface area contributed by atoms with Crippen molar-refractivity contribution < 1.29 is 14.4 Å². The van der Waals surface area contributed by atoms with Crippen LogP contribution in [0.1, 0.15) is 37.8 Å². The third kappa shape index (κ3) is 2.68. The molecule has 5 heteroatoms. The zero-order valence-corrected chi connectivity index (χ0v) is 21.0. The van der Waals surface area contributed by atoms with E-state index < -0.39 is 22.7 Å². The highest BCUT2D eigenvalue weighted by Crippen LogP contribution is 2.75. The van der Waals surface area contributed by atoms with Gasteiger partial charge in [-0.3, -0.25) is 14.4 Å². The van der Waals surface area contributed by atoms with Crippen molar-refractivity contribution in [2.45, 2.75) is 26.7 Å². The zero-order valence-electron chi connectivity index (χ0n) is 20.2. The predicted octanol–water partition coefficient (Wildman–Crippen LogP) is 6.45. The summed E-state index contributed by atoms with van der Waals surface area (Å²) in [5.74, 6) is -2.22. The second-order valence-electron chi connectivity index (χ2n) is 10.2. The van der Waals surface area contributed by atoms with E-state index in [9.17, 15) is 14.4 Å². The molecule has 0 aromatic heterocycles. The summed E-state index contributed by atoms with van der Waals surface area (Å²) in [4.78, 5) is 44.2. The van der Waals surface area contributed by atoms with E-state index in [1.165, 1.54) is 4.90 Å². The maximum absolute atomic E-state index is 14.6. The molecule has 3 aliphatic rings. The molecule has 2 amide bonds. The number of ketones is 1. The number of halogens is 1. The topological polar surface area (TPSA) is 54.5 Å². The summed E-state index contributed by atoms with van der Waals surface area (Å²) < 4.78 is 0. The number of para-hydroxylation sites is 1. The fourth-order valence-electron chi connectivity index (χ4n) is 7.23. The van der Waals surface area contributed by atoms with Crippen molar-refractivity contribution in [3.05, 3.63) is 101 Å². The lowest BCUT2D eigenvalue weighted by Gasteiger charge is -2.37. The van der Waals surface area contributed by atoms with Crippen molar-refractivity contribution in [3.63, 3.8) is 0 Å². The van der Waals surface area contributed by atoms with Crippen LogP contribution in [-0.4, -0.2) is 17.6 Å². The molecule has 36 heavy (non-hydrogen) atoms. The second-order valence-corrected chi connectivity index (χ2v) is 10.6. The van der Waals surface area contributed by atoms with Crippen LogP contribution in [0.15, 0.2) is 84.9 Å². The van der Waals surface area contributed by atoms with Gasteiger partial charge in [-0.15, -0.1) is 0 Å². The number of allylic oxidation sites excluding steroid dienone is 2. The molecular weight excluding hydrogens is 470 g/mol. The van der Waals surface area contributed by atoms with E-state index in [4.69, 9.17) is 11.6 Å². The van der Waals surface area contributed by atoms with E-state index in [1.807, 2.05) is 74.5 Å². The van der Waals surface area contributed by atoms with Crippen molar-refractivity contribution in [2.75, 3.05) is 4.90 Å². The van der Waals surface area contributed by atoms with Crippen LogP contribution in [0.5, 0.6) is 0 Å². The van der Waals surface area contributed by atoms with E-state index in [-0.39, 0.29) is 17.6 Å². The molecule has 1 saturated heterocycles. The van der Waals surface area contributed by atoms with Gasteiger partial charge in [0.15, 0.2) is 5.78 Å². The summed E-state index contributed by atoms with van der Waals surface area (Å²) in [7, 11) is 0. The van der Waals surface area contributed by atoms with Crippen molar-refractivity contribution in [1.29, 1.82) is 0 Å². The van der Waals surface area contributed by atoms with Crippen molar-refractivity contribution in [3.8, 4) is 0 Å². The van der Waals surface area contributed by atoms with Crippen LogP contribution in [-0.2, 0) is 14.4 Å². The number of hydrogen-bond donors (Lipinski definition) is 0. The lowest BCUT2D eigenvalue weighted by molar-refractivity contribution is -0.134. The quantitative estimate of drug-likeness (QED) is 0.382. The third-order valence-electron chi connectivity index (χ3n) is 8.41. The summed E-state index contributed by atoms with van der Waals surface area (Å²) in [6.45, 7) is 3.91. The first-order valence-corrected chi connectivity index (χ1v) is 12.8. The molecule has 180 valence electrons. The Morgan fingerprint density at radius 1 is 0.750 bits per heavy atom. The van der Waals surface area contributed by atoms with Crippen LogP contribution in [0, 0.1) is 22.7 Å². The zero-order chi connectivity index (χ0) is 25.2. The number of benzene rings is 3. The first-order chi connectivity index (χ1) is 17.4. The number of rotatable bonds is 5. The number of amides is 2. The second kappa shape index (κ2) is 8.01. The Balaban J connectivity index is 1.67. The number of nitrogens with zero attached hydrogens (tertiary/aromatic N) is 1. The highest BCUT2D eigenvalue weighted by atomic mass is 35.5. The van der Waals surface area contributed by atoms with Crippen molar-refractivity contribution in [1.82, 2.24) is 0 Å². The van der Waals surface area contributed by atoms with Crippen LogP contribution in [0.2, 0.25) is 5.02 Å². The van der Waals surface area contributed by atoms with E-state index in [0.717, 1.165) is 22.3 Å². The molecule has 2 aliphatic carbocycles. The first kappa shape index (κ1) is 22.9. The lowest BCUT2D eigenvalue weighted by Crippen LogP contribution is -2.41. The molecule has 0 unspecified atom stereocenters. The fourth-order valence-corrected chi connectivity index (χ4v) is 7.45. The van der Waals surface area contributed by atoms with Crippen molar-refractivity contribution >= 4 is 46.0 Å². The van der Waals surface area contributed by atoms with E-state index in [1.54, 1.807) is 24.3 Å². The summed E-state index contributed by atoms with van der Waals surface area (Å²) in [5.41, 5.74) is 1.78. The molecule has 0 spiro atoms. The van der Waals surface area contributed by atoms with Gasteiger partial charge < -0.3 is 0 Å². The van der Waals surface area contributed by atoms with Gasteiger partial charge in [0.2, 0.25) is 11.8 Å². The van der Waals surface area contributed by atoms with Crippen molar-refractivity contribution in [2.24, 2.45) is 22.7 Å². The van der Waals surface area contributed by atoms with Gasteiger partial charge in [-0.1, -0.05) is 97.7 Å². The average molecular weight is 496 g/mol. The van der Waals surface area contributed by atoms with E-state index in [0.29, 0.717) is 23.6 Å². The van der Waals surface area contributed by atoms with Gasteiger partial charge >= 0.3 is 0 Å². The van der Waals surface area contributed by atoms with Gasteiger partial charge in [0.05, 0.1) is 33.4 Å². The standard InChI is InChI=1S/C31H26ClNO3/c1-3-18-31-24(20-14-8-5-9-15-20)23(19-12-6-4-7-13-19)30(2,29(31)36)25-26(31)28(35)33(27(25)34)22-17-11-10-16-21(22)32/h4-17,25-26H,3,18H2,1-2H3/t25-,26-,30-,31-/m0/s1. The smallest absolute Gasteiger partial charge is 0.239 e. The molecule has 1 saturated carbocycles. The highest BCUT2D eigenvalue weighted by molar-refractivity contribution is 6.38. The number of carbonyl (C=O) groups is 3. The Morgan fingerprint density at radius 3 is 1.86 bits per heavy atom. The molecule has 0 N–H and O–H groups in total. The van der Waals surface area contributed by atoms with Crippen LogP contribution >= 0.6 is 11.6 Å². The molecule has 2 bridgehead atoms. The SMILES string of the molecule is CCC[C@]12C(=O)[C@@](C)(C(c3ccccc3)=C1c1ccccc1)[C@@H]1C(=O)N(c3ccccc3Cl)C(=O)[C@H]12. The number of carbonyl (C=O) groups excluding carboxylic acids is 3.